The van der Waals surface area contributed by atoms with Crippen molar-refractivity contribution in [3.05, 3.63) is 35.4 Å². The van der Waals surface area contributed by atoms with Gasteiger partial charge in [-0.25, -0.2) is 8.78 Å². The van der Waals surface area contributed by atoms with Crippen molar-refractivity contribution in [3.8, 4) is 0 Å². The maximum Gasteiger partial charge on any atom is 0.129 e. The lowest BCUT2D eigenvalue weighted by molar-refractivity contribution is -0.0778. The topological polar surface area (TPSA) is 21.3 Å². The van der Waals surface area contributed by atoms with E-state index in [1.54, 1.807) is 7.11 Å². The van der Waals surface area contributed by atoms with Gasteiger partial charge in [-0.05, 0) is 44.4 Å². The van der Waals surface area contributed by atoms with Crippen LogP contribution in [0, 0.1) is 17.6 Å². The van der Waals surface area contributed by atoms with Crippen LogP contribution >= 0.6 is 0 Å². The zero-order valence-corrected chi connectivity index (χ0v) is 13.1. The summed E-state index contributed by atoms with van der Waals surface area (Å²) in [6, 6.07) is 3.93. The van der Waals surface area contributed by atoms with E-state index in [0.717, 1.165) is 19.3 Å². The minimum atomic E-state index is -0.481. The van der Waals surface area contributed by atoms with E-state index in [2.05, 4.69) is 12.2 Å². The molecule has 1 aromatic rings. The standard InChI is InChI=1S/C17H25F2NO/c1-12-6-5-9-17(11-12,21-3)16(20-2)10-13-14(18)7-4-8-15(13)19/h4,7-8,12,16,20H,5-6,9-11H2,1-3H3. The molecule has 1 aromatic carbocycles. The molecule has 0 bridgehead atoms. The quantitative estimate of drug-likeness (QED) is 0.895. The van der Waals surface area contributed by atoms with Gasteiger partial charge in [0.15, 0.2) is 0 Å². The summed E-state index contributed by atoms with van der Waals surface area (Å²) in [4.78, 5) is 0. The first-order valence-electron chi connectivity index (χ1n) is 7.67. The summed E-state index contributed by atoms with van der Waals surface area (Å²) in [5.74, 6) is -0.393. The van der Waals surface area contributed by atoms with Gasteiger partial charge >= 0.3 is 0 Å². The lowest BCUT2D eigenvalue weighted by Crippen LogP contribution is -2.54. The summed E-state index contributed by atoms with van der Waals surface area (Å²) in [7, 11) is 3.55. The molecule has 118 valence electrons. The number of rotatable bonds is 5. The van der Waals surface area contributed by atoms with Crippen molar-refractivity contribution in [1.82, 2.24) is 5.32 Å². The Morgan fingerprint density at radius 2 is 2.05 bits per heavy atom. The molecule has 1 fully saturated rings. The highest BCUT2D eigenvalue weighted by atomic mass is 19.1. The number of likely N-dealkylation sites (N-methyl/N-ethyl adjacent to an activating group) is 1. The van der Waals surface area contributed by atoms with Gasteiger partial charge in [-0.1, -0.05) is 25.8 Å². The highest BCUT2D eigenvalue weighted by Gasteiger charge is 2.42. The van der Waals surface area contributed by atoms with Gasteiger partial charge in [0.1, 0.15) is 11.6 Å². The second-order valence-electron chi connectivity index (χ2n) is 6.22. The van der Waals surface area contributed by atoms with Crippen molar-refractivity contribution >= 4 is 0 Å². The Kier molecular flexibility index (Phi) is 5.33. The van der Waals surface area contributed by atoms with Crippen LogP contribution in [0.2, 0.25) is 0 Å². The minimum absolute atomic E-state index is 0.100. The summed E-state index contributed by atoms with van der Waals surface area (Å²) in [6.45, 7) is 2.21. The third-order valence-corrected chi connectivity index (χ3v) is 4.85. The Hall–Kier alpha value is -1.00. The van der Waals surface area contributed by atoms with Gasteiger partial charge in [-0.15, -0.1) is 0 Å². The average Bonchev–Trinajstić information content (AvgIpc) is 2.47. The number of halogens is 2. The fraction of sp³-hybridized carbons (Fsp3) is 0.647. The molecule has 1 aliphatic carbocycles. The first kappa shape index (κ1) is 16.4. The summed E-state index contributed by atoms with van der Waals surface area (Å²) in [5, 5.41) is 3.23. The second-order valence-corrected chi connectivity index (χ2v) is 6.22. The Morgan fingerprint density at radius 1 is 1.38 bits per heavy atom. The highest BCUT2D eigenvalue weighted by molar-refractivity contribution is 5.22. The molecule has 2 rings (SSSR count). The molecular weight excluding hydrogens is 272 g/mol. The third kappa shape index (κ3) is 3.43. The van der Waals surface area contributed by atoms with Crippen molar-refractivity contribution in [2.45, 2.75) is 50.7 Å². The van der Waals surface area contributed by atoms with Crippen LogP contribution in [0.25, 0.3) is 0 Å². The van der Waals surface area contributed by atoms with Crippen LogP contribution in [0.3, 0.4) is 0 Å². The molecule has 4 heteroatoms. The summed E-state index contributed by atoms with van der Waals surface area (Å²) in [5.41, 5.74) is -0.201. The van der Waals surface area contributed by atoms with Crippen molar-refractivity contribution in [3.63, 3.8) is 0 Å². The summed E-state index contributed by atoms with van der Waals surface area (Å²) >= 11 is 0. The Bertz CT molecular complexity index is 460. The number of nitrogens with one attached hydrogen (secondary N) is 1. The van der Waals surface area contributed by atoms with Crippen LogP contribution in [0.15, 0.2) is 18.2 Å². The first-order chi connectivity index (χ1) is 10.0. The first-order valence-corrected chi connectivity index (χ1v) is 7.67. The molecule has 3 atom stereocenters. The predicted molar refractivity (Wildman–Crippen MR) is 80.3 cm³/mol. The van der Waals surface area contributed by atoms with E-state index in [1.807, 2.05) is 7.05 Å². The predicted octanol–water partition coefficient (Wildman–Crippen LogP) is 3.69. The largest absolute Gasteiger partial charge is 0.377 e. The van der Waals surface area contributed by atoms with E-state index >= 15 is 0 Å². The van der Waals surface area contributed by atoms with E-state index in [4.69, 9.17) is 4.74 Å². The summed E-state index contributed by atoms with van der Waals surface area (Å²) in [6.07, 6.45) is 4.43. The fourth-order valence-corrected chi connectivity index (χ4v) is 3.67. The Labute approximate surface area is 125 Å². The molecule has 0 heterocycles. The van der Waals surface area contributed by atoms with Crippen LogP contribution in [0.4, 0.5) is 8.78 Å². The molecule has 0 amide bonds. The Balaban J connectivity index is 2.26. The van der Waals surface area contributed by atoms with E-state index in [-0.39, 0.29) is 17.2 Å². The molecule has 0 aromatic heterocycles. The van der Waals surface area contributed by atoms with Gasteiger partial charge in [0.05, 0.1) is 5.60 Å². The van der Waals surface area contributed by atoms with Gasteiger partial charge in [-0.3, -0.25) is 0 Å². The maximum absolute atomic E-state index is 13.9. The molecule has 0 aliphatic heterocycles. The number of benzene rings is 1. The molecule has 21 heavy (non-hydrogen) atoms. The monoisotopic (exact) mass is 297 g/mol. The molecule has 2 nitrogen and oxygen atoms in total. The lowest BCUT2D eigenvalue weighted by atomic mass is 9.73. The average molecular weight is 297 g/mol. The van der Waals surface area contributed by atoms with Crippen molar-refractivity contribution in [2.24, 2.45) is 5.92 Å². The SMILES string of the molecule is CNC(Cc1c(F)cccc1F)C1(OC)CCCC(C)C1. The number of ether oxygens (including phenoxy) is 1. The fourth-order valence-electron chi connectivity index (χ4n) is 3.67. The van der Waals surface area contributed by atoms with Crippen LogP contribution < -0.4 is 5.32 Å². The zero-order chi connectivity index (χ0) is 15.5. The lowest BCUT2D eigenvalue weighted by Gasteiger charge is -2.44. The molecule has 1 aliphatic rings. The van der Waals surface area contributed by atoms with Gasteiger partial charge in [-0.2, -0.15) is 0 Å². The molecule has 0 radical (unpaired) electrons. The molecule has 3 unspecified atom stereocenters. The maximum atomic E-state index is 13.9. The van der Waals surface area contributed by atoms with E-state index in [9.17, 15) is 8.78 Å². The second kappa shape index (κ2) is 6.84. The molecule has 1 N–H and O–H groups in total. The molecular formula is C17H25F2NO. The van der Waals surface area contributed by atoms with Crippen LogP contribution in [0.5, 0.6) is 0 Å². The van der Waals surface area contributed by atoms with E-state index < -0.39 is 11.6 Å². The smallest absolute Gasteiger partial charge is 0.129 e. The third-order valence-electron chi connectivity index (χ3n) is 4.85. The van der Waals surface area contributed by atoms with Gasteiger partial charge in [0, 0.05) is 18.7 Å². The Morgan fingerprint density at radius 3 is 2.57 bits per heavy atom. The molecule has 0 spiro atoms. The van der Waals surface area contributed by atoms with Crippen LogP contribution in [-0.4, -0.2) is 25.8 Å². The summed E-state index contributed by atoms with van der Waals surface area (Å²) < 4.78 is 33.7. The molecule has 1 saturated carbocycles. The van der Waals surface area contributed by atoms with Crippen molar-refractivity contribution in [1.29, 1.82) is 0 Å². The van der Waals surface area contributed by atoms with Gasteiger partial charge in [0.2, 0.25) is 0 Å². The van der Waals surface area contributed by atoms with Crippen molar-refractivity contribution < 1.29 is 13.5 Å². The minimum Gasteiger partial charge on any atom is -0.377 e. The van der Waals surface area contributed by atoms with Crippen LogP contribution in [0.1, 0.15) is 38.2 Å². The van der Waals surface area contributed by atoms with E-state index in [0.29, 0.717) is 12.3 Å². The normalized spacial score (nSPS) is 27.6. The van der Waals surface area contributed by atoms with Gasteiger partial charge in [0.25, 0.3) is 0 Å². The van der Waals surface area contributed by atoms with E-state index in [1.165, 1.54) is 24.6 Å². The number of hydrogen-bond acceptors (Lipinski definition) is 2. The van der Waals surface area contributed by atoms with Crippen LogP contribution in [-0.2, 0) is 11.2 Å². The zero-order valence-electron chi connectivity index (χ0n) is 13.1. The highest BCUT2D eigenvalue weighted by Crippen LogP contribution is 2.38. The van der Waals surface area contributed by atoms with Gasteiger partial charge < -0.3 is 10.1 Å². The number of hydrogen-bond donors (Lipinski definition) is 1. The number of methoxy groups -OCH3 is 1. The molecule has 0 saturated heterocycles. The van der Waals surface area contributed by atoms with Crippen molar-refractivity contribution in [2.75, 3.05) is 14.2 Å².